The summed E-state index contributed by atoms with van der Waals surface area (Å²) in [5, 5.41) is 0. The number of hydrogen-bond donors (Lipinski definition) is 1. The molecule has 1 heterocycles. The zero-order valence-electron chi connectivity index (χ0n) is 11.3. The van der Waals surface area contributed by atoms with Gasteiger partial charge in [0.25, 0.3) is 0 Å². The largest absolute Gasteiger partial charge is 0.389 e. The Balaban J connectivity index is 2.08. The minimum Gasteiger partial charge on any atom is -0.389 e. The normalized spacial score (nSPS) is 13.1. The quantitative estimate of drug-likeness (QED) is 0.877. The highest BCUT2D eigenvalue weighted by atomic mass is 32.1. The van der Waals surface area contributed by atoms with Gasteiger partial charge in [-0.1, -0.05) is 24.4 Å². The Morgan fingerprint density at radius 2 is 2.05 bits per heavy atom. The second-order valence-corrected chi connectivity index (χ2v) is 5.36. The maximum atomic E-state index is 5.82. The summed E-state index contributed by atoms with van der Waals surface area (Å²) in [5.74, 6) is 0.955. The molecule has 0 bridgehead atoms. The highest BCUT2D eigenvalue weighted by molar-refractivity contribution is 7.80. The molecule has 2 aromatic rings. The smallest absolute Gasteiger partial charge is 0.139 e. The van der Waals surface area contributed by atoms with Crippen LogP contribution in [-0.4, -0.2) is 22.0 Å². The maximum Gasteiger partial charge on any atom is 0.139 e. The number of thiocarbonyl (C=S) groups is 1. The van der Waals surface area contributed by atoms with E-state index in [2.05, 4.69) is 14.9 Å². The van der Waals surface area contributed by atoms with Crippen molar-refractivity contribution in [2.24, 2.45) is 5.73 Å². The number of hydrogen-bond acceptors (Lipinski definition) is 4. The third kappa shape index (κ3) is 2.14. The number of anilines is 2. The number of rotatable bonds is 3. The fourth-order valence-electron chi connectivity index (χ4n) is 2.72. The summed E-state index contributed by atoms with van der Waals surface area (Å²) in [6.45, 7) is 0. The SMILES string of the molecule is CN(c1ccccc1C(N)=S)c1ncnc2c1CCC2. The van der Waals surface area contributed by atoms with Crippen molar-refractivity contribution in [1.82, 2.24) is 9.97 Å². The molecule has 0 saturated carbocycles. The van der Waals surface area contributed by atoms with Gasteiger partial charge in [-0.15, -0.1) is 0 Å². The van der Waals surface area contributed by atoms with Crippen LogP contribution in [0.3, 0.4) is 0 Å². The van der Waals surface area contributed by atoms with Crippen LogP contribution in [0.15, 0.2) is 30.6 Å². The number of nitrogens with zero attached hydrogens (tertiary/aromatic N) is 3. The second-order valence-electron chi connectivity index (χ2n) is 4.92. The van der Waals surface area contributed by atoms with E-state index >= 15 is 0 Å². The standard InChI is InChI=1S/C15H16N4S/c1-19(13-8-3-2-5-11(13)14(16)20)15-10-6-4-7-12(10)17-9-18-15/h2-3,5,8-9H,4,6-7H2,1H3,(H2,16,20). The van der Waals surface area contributed by atoms with Gasteiger partial charge in [-0.2, -0.15) is 0 Å². The summed E-state index contributed by atoms with van der Waals surface area (Å²) in [5.41, 5.74) is 10.1. The van der Waals surface area contributed by atoms with E-state index in [0.717, 1.165) is 42.0 Å². The van der Waals surface area contributed by atoms with Crippen LogP contribution in [0.4, 0.5) is 11.5 Å². The highest BCUT2D eigenvalue weighted by Gasteiger charge is 2.21. The predicted octanol–water partition coefficient (Wildman–Crippen LogP) is 2.37. The predicted molar refractivity (Wildman–Crippen MR) is 84.4 cm³/mol. The van der Waals surface area contributed by atoms with Gasteiger partial charge >= 0.3 is 0 Å². The molecular weight excluding hydrogens is 268 g/mol. The Morgan fingerprint density at radius 3 is 2.85 bits per heavy atom. The molecule has 0 fully saturated rings. The number of benzene rings is 1. The average molecular weight is 284 g/mol. The summed E-state index contributed by atoms with van der Waals surface area (Å²) < 4.78 is 0. The molecule has 1 aliphatic carbocycles. The summed E-state index contributed by atoms with van der Waals surface area (Å²) >= 11 is 5.14. The molecule has 5 heteroatoms. The van der Waals surface area contributed by atoms with Crippen molar-refractivity contribution in [2.75, 3.05) is 11.9 Å². The third-order valence-corrected chi connectivity index (χ3v) is 3.92. The van der Waals surface area contributed by atoms with E-state index in [-0.39, 0.29) is 0 Å². The zero-order valence-corrected chi connectivity index (χ0v) is 12.2. The first-order valence-electron chi connectivity index (χ1n) is 6.64. The van der Waals surface area contributed by atoms with Crippen LogP contribution in [0.1, 0.15) is 23.2 Å². The number of nitrogens with two attached hydrogens (primary N) is 1. The lowest BCUT2D eigenvalue weighted by Gasteiger charge is -2.23. The van der Waals surface area contributed by atoms with E-state index in [0.29, 0.717) is 4.99 Å². The van der Waals surface area contributed by atoms with E-state index in [9.17, 15) is 0 Å². The summed E-state index contributed by atoms with van der Waals surface area (Å²) in [7, 11) is 2.00. The molecular formula is C15H16N4S. The van der Waals surface area contributed by atoms with Gasteiger partial charge in [-0.05, 0) is 31.4 Å². The lowest BCUT2D eigenvalue weighted by Crippen LogP contribution is -2.19. The monoisotopic (exact) mass is 284 g/mol. The molecule has 0 aliphatic heterocycles. The van der Waals surface area contributed by atoms with Gasteiger partial charge in [-0.3, -0.25) is 0 Å². The molecule has 0 unspecified atom stereocenters. The molecule has 0 radical (unpaired) electrons. The lowest BCUT2D eigenvalue weighted by molar-refractivity contribution is 0.899. The van der Waals surface area contributed by atoms with Crippen LogP contribution in [0.5, 0.6) is 0 Å². The molecule has 0 atom stereocenters. The minimum absolute atomic E-state index is 0.401. The first-order valence-corrected chi connectivity index (χ1v) is 7.04. The van der Waals surface area contributed by atoms with Crippen LogP contribution in [0.25, 0.3) is 0 Å². The van der Waals surface area contributed by atoms with E-state index < -0.39 is 0 Å². The molecule has 3 rings (SSSR count). The first-order chi connectivity index (χ1) is 9.68. The van der Waals surface area contributed by atoms with Crippen molar-refractivity contribution in [1.29, 1.82) is 0 Å². The molecule has 0 spiro atoms. The average Bonchev–Trinajstić information content (AvgIpc) is 2.94. The topological polar surface area (TPSA) is 55.0 Å². The van der Waals surface area contributed by atoms with E-state index in [1.165, 1.54) is 5.56 Å². The summed E-state index contributed by atoms with van der Waals surface area (Å²) in [6, 6.07) is 7.87. The molecule has 2 N–H and O–H groups in total. The second kappa shape index (κ2) is 5.17. The number of aryl methyl sites for hydroxylation is 1. The highest BCUT2D eigenvalue weighted by Crippen LogP contribution is 2.32. The molecule has 4 nitrogen and oxygen atoms in total. The van der Waals surface area contributed by atoms with Crippen LogP contribution in [-0.2, 0) is 12.8 Å². The van der Waals surface area contributed by atoms with Crippen molar-refractivity contribution in [3.05, 3.63) is 47.4 Å². The van der Waals surface area contributed by atoms with Gasteiger partial charge < -0.3 is 10.6 Å². The van der Waals surface area contributed by atoms with Crippen molar-refractivity contribution < 1.29 is 0 Å². The summed E-state index contributed by atoms with van der Waals surface area (Å²) in [4.78, 5) is 11.3. The Hall–Kier alpha value is -2.01. The van der Waals surface area contributed by atoms with Crippen LogP contribution >= 0.6 is 12.2 Å². The zero-order chi connectivity index (χ0) is 14.1. The van der Waals surface area contributed by atoms with Gasteiger partial charge in [-0.25, -0.2) is 9.97 Å². The minimum atomic E-state index is 0.401. The van der Waals surface area contributed by atoms with Gasteiger partial charge in [0.1, 0.15) is 17.1 Å². The van der Waals surface area contributed by atoms with E-state index in [1.54, 1.807) is 6.33 Å². The van der Waals surface area contributed by atoms with Crippen molar-refractivity contribution in [2.45, 2.75) is 19.3 Å². The van der Waals surface area contributed by atoms with Crippen molar-refractivity contribution in [3.63, 3.8) is 0 Å². The van der Waals surface area contributed by atoms with E-state index in [4.69, 9.17) is 18.0 Å². The molecule has 1 aliphatic rings. The number of para-hydroxylation sites is 1. The molecule has 1 aromatic heterocycles. The molecule has 102 valence electrons. The van der Waals surface area contributed by atoms with Crippen LogP contribution in [0, 0.1) is 0 Å². The first kappa shape index (κ1) is 13.0. The maximum absolute atomic E-state index is 5.82. The Labute approximate surface area is 123 Å². The Morgan fingerprint density at radius 1 is 1.25 bits per heavy atom. The summed E-state index contributed by atoms with van der Waals surface area (Å²) in [6.07, 6.45) is 4.85. The molecule has 0 saturated heterocycles. The van der Waals surface area contributed by atoms with Crippen LogP contribution in [0.2, 0.25) is 0 Å². The van der Waals surface area contributed by atoms with Crippen molar-refractivity contribution >= 4 is 28.7 Å². The van der Waals surface area contributed by atoms with E-state index in [1.807, 2.05) is 31.3 Å². The Kier molecular flexibility index (Phi) is 3.36. The fourth-order valence-corrected chi connectivity index (χ4v) is 2.89. The van der Waals surface area contributed by atoms with Gasteiger partial charge in [0, 0.05) is 23.9 Å². The lowest BCUT2D eigenvalue weighted by atomic mass is 10.1. The van der Waals surface area contributed by atoms with Gasteiger partial charge in [0.05, 0.1) is 5.69 Å². The third-order valence-electron chi connectivity index (χ3n) is 3.70. The van der Waals surface area contributed by atoms with Gasteiger partial charge in [0.15, 0.2) is 0 Å². The number of aromatic nitrogens is 2. The van der Waals surface area contributed by atoms with Crippen LogP contribution < -0.4 is 10.6 Å². The van der Waals surface area contributed by atoms with Gasteiger partial charge in [0.2, 0.25) is 0 Å². The Bertz CT molecular complexity index is 669. The molecule has 1 aromatic carbocycles. The van der Waals surface area contributed by atoms with Crippen molar-refractivity contribution in [3.8, 4) is 0 Å². The molecule has 0 amide bonds. The number of fused-ring (bicyclic) bond motifs is 1. The molecule has 20 heavy (non-hydrogen) atoms. The fraction of sp³-hybridized carbons (Fsp3) is 0.267.